The van der Waals surface area contributed by atoms with Crippen molar-refractivity contribution in [2.45, 2.75) is 6.92 Å². The van der Waals surface area contributed by atoms with Gasteiger partial charge in [0.05, 0.1) is 30.0 Å². The summed E-state index contributed by atoms with van der Waals surface area (Å²) in [6.07, 6.45) is 1.17. The smallest absolute Gasteiger partial charge is 0.375 e. The maximum Gasteiger partial charge on any atom is 0.375 e. The molecule has 0 atom stereocenters. The molecule has 0 saturated carbocycles. The van der Waals surface area contributed by atoms with Crippen LogP contribution in [-0.2, 0) is 4.74 Å². The average molecular weight is 260 g/mol. The zero-order valence-corrected chi connectivity index (χ0v) is 10.0. The molecule has 0 aliphatic heterocycles. The van der Waals surface area contributed by atoms with Gasteiger partial charge in [0.1, 0.15) is 5.82 Å². The SMILES string of the molecule is CCOC(=O)c1cnc(-c2ccc(C#N)cc2F)o1. The third kappa shape index (κ3) is 2.60. The number of aromatic nitrogens is 1. The van der Waals surface area contributed by atoms with Crippen molar-refractivity contribution in [3.8, 4) is 17.5 Å². The molecule has 0 fully saturated rings. The lowest BCUT2D eigenvalue weighted by Crippen LogP contribution is -2.02. The summed E-state index contributed by atoms with van der Waals surface area (Å²) in [5.74, 6) is -1.43. The number of rotatable bonds is 3. The van der Waals surface area contributed by atoms with Gasteiger partial charge in [-0.05, 0) is 25.1 Å². The summed E-state index contributed by atoms with van der Waals surface area (Å²) in [6, 6.07) is 5.70. The van der Waals surface area contributed by atoms with E-state index in [0.717, 1.165) is 6.07 Å². The van der Waals surface area contributed by atoms with Crippen molar-refractivity contribution in [3.63, 3.8) is 0 Å². The first-order chi connectivity index (χ1) is 9.15. The molecule has 0 bridgehead atoms. The molecular formula is C13H9FN2O3. The van der Waals surface area contributed by atoms with Crippen molar-refractivity contribution in [2.75, 3.05) is 6.61 Å². The van der Waals surface area contributed by atoms with E-state index in [2.05, 4.69) is 4.98 Å². The monoisotopic (exact) mass is 260 g/mol. The van der Waals surface area contributed by atoms with Crippen molar-refractivity contribution < 1.29 is 18.3 Å². The van der Waals surface area contributed by atoms with Gasteiger partial charge in [-0.15, -0.1) is 0 Å². The molecule has 96 valence electrons. The van der Waals surface area contributed by atoms with Crippen LogP contribution in [0.2, 0.25) is 0 Å². The van der Waals surface area contributed by atoms with Crippen LogP contribution in [0.4, 0.5) is 4.39 Å². The number of benzene rings is 1. The fourth-order valence-corrected chi connectivity index (χ4v) is 1.45. The first kappa shape index (κ1) is 12.8. The molecular weight excluding hydrogens is 251 g/mol. The van der Waals surface area contributed by atoms with E-state index in [1.807, 2.05) is 6.07 Å². The predicted molar refractivity (Wildman–Crippen MR) is 62.6 cm³/mol. The lowest BCUT2D eigenvalue weighted by molar-refractivity contribution is 0.0491. The topological polar surface area (TPSA) is 76.1 Å². The number of nitriles is 1. The van der Waals surface area contributed by atoms with E-state index in [9.17, 15) is 9.18 Å². The highest BCUT2D eigenvalue weighted by atomic mass is 19.1. The number of esters is 1. The fourth-order valence-electron chi connectivity index (χ4n) is 1.45. The summed E-state index contributed by atoms with van der Waals surface area (Å²) >= 11 is 0. The number of oxazole rings is 1. The first-order valence-corrected chi connectivity index (χ1v) is 5.48. The lowest BCUT2D eigenvalue weighted by atomic mass is 10.1. The second kappa shape index (κ2) is 5.31. The molecule has 1 heterocycles. The average Bonchev–Trinajstić information content (AvgIpc) is 2.88. The van der Waals surface area contributed by atoms with Gasteiger partial charge in [-0.3, -0.25) is 0 Å². The summed E-state index contributed by atoms with van der Waals surface area (Å²) in [5, 5.41) is 8.64. The fraction of sp³-hybridized carbons (Fsp3) is 0.154. The quantitative estimate of drug-likeness (QED) is 0.792. The molecule has 0 aliphatic rings. The molecule has 0 unspecified atom stereocenters. The lowest BCUT2D eigenvalue weighted by Gasteiger charge is -1.99. The molecule has 2 aromatic rings. The molecule has 1 aromatic heterocycles. The highest BCUT2D eigenvalue weighted by Crippen LogP contribution is 2.23. The molecule has 2 rings (SSSR count). The van der Waals surface area contributed by atoms with Gasteiger partial charge in [-0.25, -0.2) is 14.2 Å². The summed E-state index contributed by atoms with van der Waals surface area (Å²) < 4.78 is 23.6. The van der Waals surface area contributed by atoms with E-state index in [1.54, 1.807) is 6.92 Å². The Bertz CT molecular complexity index is 658. The Morgan fingerprint density at radius 1 is 1.58 bits per heavy atom. The number of carbonyl (C=O) groups is 1. The maximum atomic E-state index is 13.7. The molecule has 6 heteroatoms. The van der Waals surface area contributed by atoms with Crippen LogP contribution in [0.5, 0.6) is 0 Å². The molecule has 0 radical (unpaired) electrons. The van der Waals surface area contributed by atoms with Gasteiger partial charge in [0.25, 0.3) is 0 Å². The summed E-state index contributed by atoms with van der Waals surface area (Å²) in [5.41, 5.74) is 0.271. The Hall–Kier alpha value is -2.68. The number of nitrogens with zero attached hydrogens (tertiary/aromatic N) is 2. The van der Waals surface area contributed by atoms with Gasteiger partial charge in [-0.2, -0.15) is 5.26 Å². The summed E-state index contributed by atoms with van der Waals surface area (Å²) in [4.78, 5) is 15.2. The molecule has 5 nitrogen and oxygen atoms in total. The normalized spacial score (nSPS) is 9.95. The van der Waals surface area contributed by atoms with Gasteiger partial charge in [0.15, 0.2) is 0 Å². The van der Waals surface area contributed by atoms with Crippen LogP contribution in [0, 0.1) is 17.1 Å². The minimum absolute atomic E-state index is 0.0370. The zero-order valence-electron chi connectivity index (χ0n) is 10.0. The minimum atomic E-state index is -0.657. The van der Waals surface area contributed by atoms with Crippen molar-refractivity contribution in [1.29, 1.82) is 5.26 Å². The standard InChI is InChI=1S/C13H9FN2O3/c1-2-18-13(17)11-7-16-12(19-11)9-4-3-8(6-15)5-10(9)14/h3-5,7H,2H2,1H3. The molecule has 0 N–H and O–H groups in total. The van der Waals surface area contributed by atoms with Crippen LogP contribution in [0.15, 0.2) is 28.8 Å². The van der Waals surface area contributed by atoms with E-state index in [1.165, 1.54) is 18.3 Å². The molecule has 0 spiro atoms. The van der Waals surface area contributed by atoms with Crippen LogP contribution >= 0.6 is 0 Å². The largest absolute Gasteiger partial charge is 0.460 e. The highest BCUT2D eigenvalue weighted by molar-refractivity contribution is 5.86. The van der Waals surface area contributed by atoms with Crippen molar-refractivity contribution in [2.24, 2.45) is 0 Å². The number of hydrogen-bond donors (Lipinski definition) is 0. The summed E-state index contributed by atoms with van der Waals surface area (Å²) in [7, 11) is 0. The van der Waals surface area contributed by atoms with E-state index in [-0.39, 0.29) is 29.4 Å². The number of hydrogen-bond acceptors (Lipinski definition) is 5. The Kier molecular flexibility index (Phi) is 3.57. The third-order valence-corrected chi connectivity index (χ3v) is 2.31. The third-order valence-electron chi connectivity index (χ3n) is 2.31. The van der Waals surface area contributed by atoms with Gasteiger partial charge in [0.2, 0.25) is 11.7 Å². The Balaban J connectivity index is 2.33. The van der Waals surface area contributed by atoms with E-state index < -0.39 is 11.8 Å². The van der Waals surface area contributed by atoms with Gasteiger partial charge in [-0.1, -0.05) is 0 Å². The first-order valence-electron chi connectivity index (χ1n) is 5.48. The Labute approximate surface area is 108 Å². The van der Waals surface area contributed by atoms with E-state index in [0.29, 0.717) is 0 Å². The second-order valence-corrected chi connectivity index (χ2v) is 3.56. The Morgan fingerprint density at radius 2 is 2.37 bits per heavy atom. The zero-order chi connectivity index (χ0) is 13.8. The number of ether oxygens (including phenoxy) is 1. The molecule has 1 aromatic carbocycles. The van der Waals surface area contributed by atoms with Crippen LogP contribution in [-0.4, -0.2) is 17.6 Å². The van der Waals surface area contributed by atoms with Gasteiger partial charge >= 0.3 is 5.97 Å². The van der Waals surface area contributed by atoms with Crippen LogP contribution in [0.1, 0.15) is 23.0 Å². The Morgan fingerprint density at radius 3 is 3.00 bits per heavy atom. The second-order valence-electron chi connectivity index (χ2n) is 3.56. The van der Waals surface area contributed by atoms with E-state index >= 15 is 0 Å². The van der Waals surface area contributed by atoms with E-state index in [4.69, 9.17) is 14.4 Å². The van der Waals surface area contributed by atoms with Crippen LogP contribution in [0.25, 0.3) is 11.5 Å². The van der Waals surface area contributed by atoms with Crippen LogP contribution in [0.3, 0.4) is 0 Å². The van der Waals surface area contributed by atoms with Crippen LogP contribution < -0.4 is 0 Å². The minimum Gasteiger partial charge on any atom is -0.460 e. The summed E-state index contributed by atoms with van der Waals surface area (Å²) in [6.45, 7) is 1.87. The van der Waals surface area contributed by atoms with Gasteiger partial charge in [0, 0.05) is 0 Å². The predicted octanol–water partition coefficient (Wildman–Crippen LogP) is 2.53. The maximum absolute atomic E-state index is 13.7. The molecule has 0 aliphatic carbocycles. The van der Waals surface area contributed by atoms with Crippen molar-refractivity contribution in [3.05, 3.63) is 41.5 Å². The van der Waals surface area contributed by atoms with Crippen molar-refractivity contribution >= 4 is 5.97 Å². The number of halogens is 1. The highest BCUT2D eigenvalue weighted by Gasteiger charge is 2.17. The molecule has 19 heavy (non-hydrogen) atoms. The molecule has 0 saturated heterocycles. The number of carbonyl (C=O) groups excluding carboxylic acids is 1. The molecule has 0 amide bonds. The van der Waals surface area contributed by atoms with Crippen molar-refractivity contribution in [1.82, 2.24) is 4.98 Å². The van der Waals surface area contributed by atoms with Gasteiger partial charge < -0.3 is 9.15 Å².